The topological polar surface area (TPSA) is 61.9 Å². The number of rotatable bonds is 6. The van der Waals surface area contributed by atoms with Crippen LogP contribution in [0.15, 0.2) is 72.8 Å². The summed E-state index contributed by atoms with van der Waals surface area (Å²) >= 11 is 0. The van der Waals surface area contributed by atoms with Gasteiger partial charge in [-0.05, 0) is 67.0 Å². The second kappa shape index (κ2) is 11.3. The molecule has 0 bridgehead atoms. The molecule has 0 aromatic heterocycles. The zero-order valence-corrected chi connectivity index (χ0v) is 22.4. The van der Waals surface area contributed by atoms with Crippen LogP contribution in [-0.2, 0) is 4.79 Å². The van der Waals surface area contributed by atoms with Crippen LogP contribution in [0.1, 0.15) is 50.3 Å². The Hall–Kier alpha value is -3.80. The third-order valence-electron chi connectivity index (χ3n) is 8.12. The van der Waals surface area contributed by atoms with Gasteiger partial charge in [0.15, 0.2) is 0 Å². The second-order valence-electron chi connectivity index (χ2n) is 10.5. The normalized spacial score (nSPS) is 17.7. The van der Waals surface area contributed by atoms with Gasteiger partial charge in [-0.1, -0.05) is 60.7 Å². The maximum absolute atomic E-state index is 13.2. The van der Waals surface area contributed by atoms with E-state index in [2.05, 4.69) is 36.5 Å². The summed E-state index contributed by atoms with van der Waals surface area (Å²) in [7, 11) is 0. The van der Waals surface area contributed by atoms with E-state index >= 15 is 0 Å². The van der Waals surface area contributed by atoms with Gasteiger partial charge in [0.2, 0.25) is 5.91 Å². The van der Waals surface area contributed by atoms with Crippen LogP contribution in [0.4, 0.5) is 4.79 Å². The van der Waals surface area contributed by atoms with Crippen LogP contribution in [0.3, 0.4) is 0 Å². The Morgan fingerprint density at radius 2 is 1.63 bits per heavy atom. The Morgan fingerprint density at radius 3 is 2.42 bits per heavy atom. The molecule has 0 radical (unpaired) electrons. The summed E-state index contributed by atoms with van der Waals surface area (Å²) in [6, 6.07) is 22.2. The van der Waals surface area contributed by atoms with Crippen molar-refractivity contribution in [2.75, 3.05) is 32.8 Å². The zero-order valence-electron chi connectivity index (χ0n) is 22.4. The molecule has 5 rings (SSSR count). The van der Waals surface area contributed by atoms with Crippen molar-refractivity contribution in [1.82, 2.24) is 15.1 Å². The lowest BCUT2D eigenvalue weighted by Crippen LogP contribution is -2.45. The van der Waals surface area contributed by atoms with E-state index in [1.165, 1.54) is 10.8 Å². The van der Waals surface area contributed by atoms with Gasteiger partial charge in [-0.3, -0.25) is 4.79 Å². The number of hydrogen-bond acceptors (Lipinski definition) is 3. The molecular weight excluding hydrogens is 474 g/mol. The first kappa shape index (κ1) is 25.8. The van der Waals surface area contributed by atoms with E-state index in [9.17, 15) is 9.59 Å². The minimum Gasteiger partial charge on any atom is -0.493 e. The highest BCUT2D eigenvalue weighted by atomic mass is 16.5. The number of hydrogen-bond donors (Lipinski definition) is 1. The third-order valence-corrected chi connectivity index (χ3v) is 8.12. The van der Waals surface area contributed by atoms with Crippen LogP contribution >= 0.6 is 0 Å². The molecule has 3 aromatic rings. The van der Waals surface area contributed by atoms with Gasteiger partial charge < -0.3 is 19.9 Å². The van der Waals surface area contributed by atoms with Crippen LogP contribution in [0.2, 0.25) is 0 Å². The number of fused-ring (bicyclic) bond motifs is 1. The van der Waals surface area contributed by atoms with Crippen molar-refractivity contribution < 1.29 is 14.3 Å². The molecule has 1 atom stereocenters. The predicted octanol–water partition coefficient (Wildman–Crippen LogP) is 6.04. The fourth-order valence-electron chi connectivity index (χ4n) is 5.87. The van der Waals surface area contributed by atoms with Gasteiger partial charge in [0.25, 0.3) is 0 Å². The SMILES string of the molecule is CCOc1ccccc1/C=C/C(=O)N1CCC2(CC1)CCN(C(=O)NC(C)c1cccc3ccccc13)C2. The Morgan fingerprint density at radius 1 is 0.947 bits per heavy atom. The van der Waals surface area contributed by atoms with Crippen LogP contribution in [0.5, 0.6) is 5.75 Å². The van der Waals surface area contributed by atoms with Crippen LogP contribution in [0, 0.1) is 5.41 Å². The van der Waals surface area contributed by atoms with Gasteiger partial charge in [0, 0.05) is 37.8 Å². The number of likely N-dealkylation sites (tertiary alicyclic amines) is 2. The number of urea groups is 1. The molecule has 3 amide bonds. The smallest absolute Gasteiger partial charge is 0.317 e. The Balaban J connectivity index is 1.15. The van der Waals surface area contributed by atoms with Crippen molar-refractivity contribution in [2.45, 2.75) is 39.2 Å². The van der Waals surface area contributed by atoms with Gasteiger partial charge in [0.1, 0.15) is 5.75 Å². The van der Waals surface area contributed by atoms with Gasteiger partial charge in [-0.2, -0.15) is 0 Å². The fourth-order valence-corrected chi connectivity index (χ4v) is 5.87. The predicted molar refractivity (Wildman–Crippen MR) is 152 cm³/mol. The molecule has 6 nitrogen and oxygen atoms in total. The van der Waals surface area contributed by atoms with E-state index in [-0.39, 0.29) is 23.4 Å². The zero-order chi connectivity index (χ0) is 26.5. The summed E-state index contributed by atoms with van der Waals surface area (Å²) in [5, 5.41) is 5.58. The number of para-hydroxylation sites is 1. The molecule has 198 valence electrons. The summed E-state index contributed by atoms with van der Waals surface area (Å²) in [5.41, 5.74) is 2.14. The van der Waals surface area contributed by atoms with Crippen LogP contribution in [-0.4, -0.2) is 54.5 Å². The first-order valence-electron chi connectivity index (χ1n) is 13.7. The molecule has 0 saturated carbocycles. The van der Waals surface area contributed by atoms with E-state index in [1.807, 2.05) is 65.3 Å². The molecule has 2 saturated heterocycles. The Bertz CT molecular complexity index is 1320. The van der Waals surface area contributed by atoms with Crippen molar-refractivity contribution in [3.63, 3.8) is 0 Å². The number of carbonyl (C=O) groups is 2. The molecule has 2 fully saturated rings. The van der Waals surface area contributed by atoms with Gasteiger partial charge in [0.05, 0.1) is 12.6 Å². The average molecular weight is 512 g/mol. The van der Waals surface area contributed by atoms with E-state index in [1.54, 1.807) is 6.08 Å². The average Bonchev–Trinajstić information content (AvgIpc) is 3.36. The highest BCUT2D eigenvalue weighted by Gasteiger charge is 2.42. The summed E-state index contributed by atoms with van der Waals surface area (Å²) in [6.07, 6.45) is 6.33. The number of benzene rings is 3. The molecule has 1 spiro atoms. The molecule has 2 aliphatic heterocycles. The standard InChI is InChI=1S/C32H37N3O3/c1-3-38-29-14-7-5-10-26(29)15-16-30(36)34-20-17-32(18-21-34)19-22-35(23-32)31(37)33-24(2)27-13-8-11-25-9-4-6-12-28(25)27/h4-16,24H,3,17-23H2,1-2H3,(H,33,37)/b16-15+. The molecule has 38 heavy (non-hydrogen) atoms. The minimum absolute atomic E-state index is 0.00304. The van der Waals surface area contributed by atoms with E-state index in [0.29, 0.717) is 6.61 Å². The van der Waals surface area contributed by atoms with E-state index in [4.69, 9.17) is 4.74 Å². The highest BCUT2D eigenvalue weighted by molar-refractivity contribution is 5.92. The molecule has 1 unspecified atom stereocenters. The van der Waals surface area contributed by atoms with Crippen LogP contribution in [0.25, 0.3) is 16.8 Å². The number of nitrogens with zero attached hydrogens (tertiary/aromatic N) is 2. The van der Waals surface area contributed by atoms with Crippen molar-refractivity contribution >= 4 is 28.8 Å². The van der Waals surface area contributed by atoms with Gasteiger partial charge in [-0.25, -0.2) is 4.79 Å². The lowest BCUT2D eigenvalue weighted by Gasteiger charge is -2.39. The third kappa shape index (κ3) is 5.54. The Labute approximate surface area is 225 Å². The maximum atomic E-state index is 13.2. The lowest BCUT2D eigenvalue weighted by atomic mass is 9.78. The van der Waals surface area contributed by atoms with Crippen LogP contribution < -0.4 is 10.1 Å². The molecule has 1 N–H and O–H groups in total. The highest BCUT2D eigenvalue weighted by Crippen LogP contribution is 2.40. The quantitative estimate of drug-likeness (QED) is 0.411. The first-order chi connectivity index (χ1) is 18.5. The van der Waals surface area contributed by atoms with Crippen molar-refractivity contribution in [2.24, 2.45) is 5.41 Å². The maximum Gasteiger partial charge on any atom is 0.317 e. The van der Waals surface area contributed by atoms with E-state index < -0.39 is 0 Å². The van der Waals surface area contributed by atoms with Gasteiger partial charge in [-0.15, -0.1) is 0 Å². The number of amides is 3. The summed E-state index contributed by atoms with van der Waals surface area (Å²) in [5.74, 6) is 0.818. The molecule has 2 heterocycles. The Kier molecular flexibility index (Phi) is 7.68. The van der Waals surface area contributed by atoms with Crippen molar-refractivity contribution in [3.05, 3.63) is 83.9 Å². The molecule has 0 aliphatic carbocycles. The molecule has 6 heteroatoms. The molecular formula is C32H37N3O3. The minimum atomic E-state index is -0.0794. The first-order valence-corrected chi connectivity index (χ1v) is 13.7. The number of piperidine rings is 1. The largest absolute Gasteiger partial charge is 0.493 e. The summed E-state index contributed by atoms with van der Waals surface area (Å²) < 4.78 is 5.66. The van der Waals surface area contributed by atoms with Crippen molar-refractivity contribution in [3.8, 4) is 5.75 Å². The lowest BCUT2D eigenvalue weighted by molar-refractivity contribution is -0.128. The fraction of sp³-hybridized carbons (Fsp3) is 0.375. The van der Waals surface area contributed by atoms with E-state index in [0.717, 1.165) is 62.3 Å². The number of nitrogens with one attached hydrogen (secondary N) is 1. The van der Waals surface area contributed by atoms with Gasteiger partial charge >= 0.3 is 6.03 Å². The molecule has 3 aromatic carbocycles. The number of ether oxygens (including phenoxy) is 1. The second-order valence-corrected chi connectivity index (χ2v) is 10.5. The monoisotopic (exact) mass is 511 g/mol. The summed E-state index contributed by atoms with van der Waals surface area (Å²) in [4.78, 5) is 30.0. The summed E-state index contributed by atoms with van der Waals surface area (Å²) in [6.45, 7) is 7.54. The molecule has 2 aliphatic rings. The number of carbonyl (C=O) groups excluding carboxylic acids is 2. The van der Waals surface area contributed by atoms with Crippen molar-refractivity contribution in [1.29, 1.82) is 0 Å².